The number of benzene rings is 3. The fourth-order valence-electron chi connectivity index (χ4n) is 2.89. The average Bonchev–Trinajstić information content (AvgIpc) is 2.76. The summed E-state index contributed by atoms with van der Waals surface area (Å²) in [5.74, 6) is -0.591. The van der Waals surface area contributed by atoms with Crippen LogP contribution >= 0.6 is 24.2 Å². The Kier molecular flexibility index (Phi) is 6.74. The third-order valence-corrected chi connectivity index (χ3v) is 5.40. The van der Waals surface area contributed by atoms with Crippen LogP contribution in [0.2, 0.25) is 0 Å². The van der Waals surface area contributed by atoms with Crippen LogP contribution in [-0.2, 0) is 0 Å². The third-order valence-electron chi connectivity index (χ3n) is 4.39. The number of carbonyl (C=O) groups excluding carboxylic acids is 1. The van der Waals surface area contributed by atoms with E-state index in [1.165, 1.54) is 23.9 Å². The minimum absolute atomic E-state index is 0. The fraction of sp³-hybridized carbons (Fsp3) is 0. The number of rotatable bonds is 5. The number of phenols is 1. The minimum Gasteiger partial charge on any atom is -0.505 e. The van der Waals surface area contributed by atoms with Gasteiger partial charge in [-0.1, -0.05) is 23.9 Å². The smallest absolute Gasteiger partial charge is 0.269 e. The monoisotopic (exact) mass is 453 g/mol. The highest BCUT2D eigenvalue weighted by Gasteiger charge is 2.15. The van der Waals surface area contributed by atoms with Crippen LogP contribution in [0.4, 0.5) is 11.4 Å². The summed E-state index contributed by atoms with van der Waals surface area (Å²) in [5.41, 5.74) is 1.14. The highest BCUT2D eigenvalue weighted by atomic mass is 35.5. The molecule has 0 atom stereocenters. The lowest BCUT2D eigenvalue weighted by Gasteiger charge is -2.09. The predicted molar refractivity (Wildman–Crippen MR) is 122 cm³/mol. The number of phenolic OH excluding ortho intramolecular Hbond substituents is 1. The molecule has 4 aromatic rings. The maximum atomic E-state index is 12.6. The van der Waals surface area contributed by atoms with Gasteiger partial charge in [0.05, 0.1) is 10.5 Å². The first-order chi connectivity index (χ1) is 14.5. The number of amides is 1. The normalized spacial score (nSPS) is 10.3. The van der Waals surface area contributed by atoms with E-state index in [4.69, 9.17) is 0 Å². The number of halogens is 1. The number of nitro groups is 1. The highest BCUT2D eigenvalue weighted by Crippen LogP contribution is 2.31. The molecule has 9 heteroatoms. The van der Waals surface area contributed by atoms with Crippen LogP contribution in [0.25, 0.3) is 10.9 Å². The van der Waals surface area contributed by atoms with Gasteiger partial charge in [-0.05, 0) is 48.5 Å². The van der Waals surface area contributed by atoms with Crippen molar-refractivity contribution in [2.75, 3.05) is 5.32 Å². The van der Waals surface area contributed by atoms with Crippen molar-refractivity contribution in [3.8, 4) is 5.75 Å². The molecule has 0 unspecified atom stereocenters. The number of nitro benzene ring substituents is 1. The Morgan fingerprint density at radius 3 is 2.26 bits per heavy atom. The van der Waals surface area contributed by atoms with Gasteiger partial charge in [0.1, 0.15) is 5.52 Å². The van der Waals surface area contributed by atoms with E-state index >= 15 is 0 Å². The molecule has 0 fully saturated rings. The number of fused-ring (bicyclic) bond motifs is 1. The topological polar surface area (TPSA) is 105 Å². The second kappa shape index (κ2) is 9.46. The first-order valence-electron chi connectivity index (χ1n) is 8.92. The van der Waals surface area contributed by atoms with Crippen molar-refractivity contribution in [3.05, 3.63) is 94.7 Å². The summed E-state index contributed by atoms with van der Waals surface area (Å²) in [5, 5.41) is 24.6. The lowest BCUT2D eigenvalue weighted by atomic mass is 10.1. The zero-order valence-corrected chi connectivity index (χ0v) is 17.5. The standard InChI is InChI=1S/C22H15N3O4S.ClH/c26-21-19(12-3-14-2-1-13-23-20(14)21)22(27)24-15-4-8-17(9-5-15)30-18-10-6-16(7-11-18)25(28)29;/h1-13,26H,(H,24,27);1H. The summed E-state index contributed by atoms with van der Waals surface area (Å²) in [4.78, 5) is 28.8. The molecule has 3 aromatic carbocycles. The molecular weight excluding hydrogens is 438 g/mol. The van der Waals surface area contributed by atoms with Gasteiger partial charge >= 0.3 is 0 Å². The molecule has 0 bridgehead atoms. The van der Waals surface area contributed by atoms with Crippen LogP contribution in [0.1, 0.15) is 10.4 Å². The number of carbonyl (C=O) groups is 1. The molecule has 7 nitrogen and oxygen atoms in total. The quantitative estimate of drug-likeness (QED) is 0.297. The molecule has 0 spiro atoms. The van der Waals surface area contributed by atoms with E-state index in [-0.39, 0.29) is 29.4 Å². The molecule has 156 valence electrons. The predicted octanol–water partition coefficient (Wildman–Crippen LogP) is 5.67. The Morgan fingerprint density at radius 1 is 0.968 bits per heavy atom. The van der Waals surface area contributed by atoms with Crippen molar-refractivity contribution in [1.29, 1.82) is 0 Å². The van der Waals surface area contributed by atoms with Gasteiger partial charge in [-0.25, -0.2) is 0 Å². The average molecular weight is 454 g/mol. The molecule has 31 heavy (non-hydrogen) atoms. The lowest BCUT2D eigenvalue weighted by Crippen LogP contribution is -2.12. The number of pyridine rings is 1. The van der Waals surface area contributed by atoms with E-state index in [9.17, 15) is 20.0 Å². The Labute approximate surface area is 187 Å². The van der Waals surface area contributed by atoms with E-state index in [0.29, 0.717) is 11.2 Å². The number of nitrogens with zero attached hydrogens (tertiary/aromatic N) is 2. The summed E-state index contributed by atoms with van der Waals surface area (Å²) in [6, 6.07) is 20.3. The molecule has 0 aliphatic heterocycles. The van der Waals surface area contributed by atoms with Crippen LogP contribution in [0.15, 0.2) is 88.8 Å². The van der Waals surface area contributed by atoms with Crippen molar-refractivity contribution in [3.63, 3.8) is 0 Å². The Morgan fingerprint density at radius 2 is 1.61 bits per heavy atom. The SMILES string of the molecule is Cl.O=C(Nc1ccc(Sc2ccc([N+](=O)[O-])cc2)cc1)c1ccc2cccnc2c1O. The number of nitrogens with one attached hydrogen (secondary N) is 1. The van der Waals surface area contributed by atoms with Gasteiger partial charge in [0.2, 0.25) is 0 Å². The van der Waals surface area contributed by atoms with Crippen LogP contribution in [-0.4, -0.2) is 20.9 Å². The van der Waals surface area contributed by atoms with Gasteiger partial charge < -0.3 is 10.4 Å². The van der Waals surface area contributed by atoms with E-state index in [0.717, 1.165) is 15.2 Å². The molecule has 4 rings (SSSR count). The van der Waals surface area contributed by atoms with Gasteiger partial charge in [-0.2, -0.15) is 0 Å². The van der Waals surface area contributed by atoms with Crippen molar-refractivity contribution in [1.82, 2.24) is 4.98 Å². The molecule has 0 aliphatic carbocycles. The molecule has 0 aliphatic rings. The lowest BCUT2D eigenvalue weighted by molar-refractivity contribution is -0.384. The second-order valence-electron chi connectivity index (χ2n) is 6.37. The summed E-state index contributed by atoms with van der Waals surface area (Å²) in [6.45, 7) is 0. The number of hydrogen-bond donors (Lipinski definition) is 2. The molecule has 1 aromatic heterocycles. The second-order valence-corrected chi connectivity index (χ2v) is 7.52. The maximum absolute atomic E-state index is 12.6. The van der Waals surface area contributed by atoms with E-state index in [1.54, 1.807) is 48.7 Å². The summed E-state index contributed by atoms with van der Waals surface area (Å²) < 4.78 is 0. The number of aromatic nitrogens is 1. The Hall–Kier alpha value is -3.62. The van der Waals surface area contributed by atoms with Crippen LogP contribution in [0.5, 0.6) is 5.75 Å². The first kappa shape index (κ1) is 22.1. The molecular formula is C22H16ClN3O4S. The van der Waals surface area contributed by atoms with E-state index in [2.05, 4.69) is 10.3 Å². The van der Waals surface area contributed by atoms with Gasteiger partial charge in [0.25, 0.3) is 11.6 Å². The molecule has 0 radical (unpaired) electrons. The highest BCUT2D eigenvalue weighted by molar-refractivity contribution is 7.99. The van der Waals surface area contributed by atoms with Crippen LogP contribution in [0.3, 0.4) is 0 Å². The van der Waals surface area contributed by atoms with Gasteiger partial charge in [0, 0.05) is 39.2 Å². The van der Waals surface area contributed by atoms with Crippen molar-refractivity contribution >= 4 is 52.4 Å². The Bertz CT molecular complexity index is 1250. The van der Waals surface area contributed by atoms with E-state index in [1.807, 2.05) is 18.2 Å². The van der Waals surface area contributed by atoms with Crippen LogP contribution < -0.4 is 5.32 Å². The van der Waals surface area contributed by atoms with E-state index < -0.39 is 10.8 Å². The fourth-order valence-corrected chi connectivity index (χ4v) is 3.71. The zero-order valence-electron chi connectivity index (χ0n) is 15.9. The van der Waals surface area contributed by atoms with Crippen LogP contribution in [0, 0.1) is 10.1 Å². The van der Waals surface area contributed by atoms with Gasteiger partial charge in [-0.3, -0.25) is 19.9 Å². The number of hydrogen-bond acceptors (Lipinski definition) is 6. The first-order valence-corrected chi connectivity index (χ1v) is 9.73. The number of non-ortho nitro benzene ring substituents is 1. The van der Waals surface area contributed by atoms with Gasteiger partial charge in [0.15, 0.2) is 5.75 Å². The molecule has 0 saturated carbocycles. The van der Waals surface area contributed by atoms with Gasteiger partial charge in [-0.15, -0.1) is 12.4 Å². The minimum atomic E-state index is -0.435. The number of anilines is 1. The maximum Gasteiger partial charge on any atom is 0.269 e. The summed E-state index contributed by atoms with van der Waals surface area (Å²) in [6.07, 6.45) is 1.56. The summed E-state index contributed by atoms with van der Waals surface area (Å²) in [7, 11) is 0. The zero-order chi connectivity index (χ0) is 21.1. The molecule has 2 N–H and O–H groups in total. The molecule has 0 saturated heterocycles. The summed E-state index contributed by atoms with van der Waals surface area (Å²) >= 11 is 1.45. The Balaban J connectivity index is 0.00000272. The van der Waals surface area contributed by atoms with Crippen molar-refractivity contribution in [2.24, 2.45) is 0 Å². The third kappa shape index (κ3) is 4.93. The number of aromatic hydroxyl groups is 1. The molecule has 1 heterocycles. The van der Waals surface area contributed by atoms with Crippen molar-refractivity contribution < 1.29 is 14.8 Å². The van der Waals surface area contributed by atoms with Crippen molar-refractivity contribution in [2.45, 2.75) is 9.79 Å². The molecule has 1 amide bonds. The largest absolute Gasteiger partial charge is 0.505 e.